The zero-order valence-corrected chi connectivity index (χ0v) is 15.5. The summed E-state index contributed by atoms with van der Waals surface area (Å²) in [5, 5.41) is 0. The van der Waals surface area contributed by atoms with Crippen molar-refractivity contribution >= 4 is 11.9 Å². The van der Waals surface area contributed by atoms with Crippen LogP contribution in [0, 0.1) is 17.8 Å². The van der Waals surface area contributed by atoms with E-state index in [2.05, 4.69) is 16.7 Å². The van der Waals surface area contributed by atoms with Gasteiger partial charge >= 0.3 is 5.97 Å². The number of carbonyl (C=O) groups is 2. The first-order valence-corrected chi connectivity index (χ1v) is 9.32. The highest BCUT2D eigenvalue weighted by atomic mass is 16.5. The van der Waals surface area contributed by atoms with Gasteiger partial charge in [0.2, 0.25) is 5.91 Å². The van der Waals surface area contributed by atoms with Gasteiger partial charge in [-0.05, 0) is 50.6 Å². The van der Waals surface area contributed by atoms with E-state index in [1.807, 2.05) is 19.2 Å². The maximum Gasteiger partial charge on any atom is 0.308 e. The Labute approximate surface area is 155 Å². The van der Waals surface area contributed by atoms with Crippen LogP contribution < -0.4 is 4.74 Å². The van der Waals surface area contributed by atoms with E-state index >= 15 is 0 Å². The molecule has 2 atom stereocenters. The molecule has 1 aromatic rings. The van der Waals surface area contributed by atoms with Crippen molar-refractivity contribution in [2.24, 2.45) is 5.92 Å². The number of rotatable bonds is 3. The van der Waals surface area contributed by atoms with Gasteiger partial charge in [0.1, 0.15) is 5.75 Å². The molecule has 0 bridgehead atoms. The van der Waals surface area contributed by atoms with Crippen LogP contribution >= 0.6 is 0 Å². The number of benzene rings is 1. The van der Waals surface area contributed by atoms with Gasteiger partial charge in [-0.25, -0.2) is 0 Å². The first kappa shape index (κ1) is 18.5. The third kappa shape index (κ3) is 4.64. The third-order valence-corrected chi connectivity index (χ3v) is 5.08. The molecule has 0 N–H and O–H groups in total. The second-order valence-electron chi connectivity index (χ2n) is 7.15. The van der Waals surface area contributed by atoms with E-state index in [1.165, 1.54) is 26.2 Å². The molecule has 1 aromatic carbocycles. The molecule has 5 nitrogen and oxygen atoms in total. The van der Waals surface area contributed by atoms with E-state index in [1.54, 1.807) is 17.0 Å². The van der Waals surface area contributed by atoms with Crippen LogP contribution in [0.15, 0.2) is 24.3 Å². The van der Waals surface area contributed by atoms with Crippen molar-refractivity contribution in [3.63, 3.8) is 0 Å². The maximum absolute atomic E-state index is 12.6. The van der Waals surface area contributed by atoms with Crippen molar-refractivity contribution in [1.82, 2.24) is 9.80 Å². The summed E-state index contributed by atoms with van der Waals surface area (Å²) in [7, 11) is 1.84. The Kier molecular flexibility index (Phi) is 5.95. The van der Waals surface area contributed by atoms with Crippen molar-refractivity contribution in [3.8, 4) is 17.6 Å². The molecule has 26 heavy (non-hydrogen) atoms. The molecule has 3 rings (SSSR count). The summed E-state index contributed by atoms with van der Waals surface area (Å²) >= 11 is 0. The first-order valence-electron chi connectivity index (χ1n) is 9.32. The van der Waals surface area contributed by atoms with E-state index in [-0.39, 0.29) is 23.8 Å². The SMILES string of the molecule is CC(=O)Oc1cccc(C#CC2CC(CN3CCCCC3)C(=O)N2C)c1. The van der Waals surface area contributed by atoms with Crippen molar-refractivity contribution in [1.29, 1.82) is 0 Å². The molecule has 0 radical (unpaired) electrons. The molecule has 0 saturated carbocycles. The molecule has 1 amide bonds. The van der Waals surface area contributed by atoms with Gasteiger partial charge in [0.25, 0.3) is 0 Å². The molecule has 0 aliphatic carbocycles. The van der Waals surface area contributed by atoms with Gasteiger partial charge in [0, 0.05) is 26.1 Å². The van der Waals surface area contributed by atoms with Gasteiger partial charge < -0.3 is 14.5 Å². The molecule has 0 spiro atoms. The number of amides is 1. The fraction of sp³-hybridized carbons (Fsp3) is 0.524. The summed E-state index contributed by atoms with van der Waals surface area (Å²) < 4.78 is 5.09. The summed E-state index contributed by atoms with van der Waals surface area (Å²) in [6.45, 7) is 4.43. The molecule has 2 aliphatic rings. The predicted octanol–water partition coefficient (Wildman–Crippen LogP) is 2.30. The number of carbonyl (C=O) groups excluding carboxylic acids is 2. The molecule has 2 aliphatic heterocycles. The Balaban J connectivity index is 1.64. The Morgan fingerprint density at radius 2 is 2.04 bits per heavy atom. The highest BCUT2D eigenvalue weighted by Crippen LogP contribution is 2.25. The minimum Gasteiger partial charge on any atom is -0.427 e. The number of piperidine rings is 1. The average molecular weight is 354 g/mol. The molecular formula is C21H26N2O3. The smallest absolute Gasteiger partial charge is 0.308 e. The van der Waals surface area contributed by atoms with Gasteiger partial charge in [-0.1, -0.05) is 24.3 Å². The molecule has 2 heterocycles. The van der Waals surface area contributed by atoms with Crippen molar-refractivity contribution in [3.05, 3.63) is 29.8 Å². The van der Waals surface area contributed by atoms with Crippen LogP contribution in [0.3, 0.4) is 0 Å². The van der Waals surface area contributed by atoms with Crippen LogP contribution in [-0.4, -0.2) is 54.4 Å². The molecule has 0 aromatic heterocycles. The van der Waals surface area contributed by atoms with Gasteiger partial charge in [-0.2, -0.15) is 0 Å². The summed E-state index contributed by atoms with van der Waals surface area (Å²) in [5.41, 5.74) is 0.782. The monoisotopic (exact) mass is 354 g/mol. The van der Waals surface area contributed by atoms with E-state index in [4.69, 9.17) is 4.74 Å². The second-order valence-corrected chi connectivity index (χ2v) is 7.15. The Morgan fingerprint density at radius 1 is 1.27 bits per heavy atom. The van der Waals surface area contributed by atoms with Crippen molar-refractivity contribution in [2.75, 3.05) is 26.7 Å². The Bertz CT molecular complexity index is 728. The zero-order chi connectivity index (χ0) is 18.5. The lowest BCUT2D eigenvalue weighted by molar-refractivity contribution is -0.132. The second kappa shape index (κ2) is 8.37. The van der Waals surface area contributed by atoms with Gasteiger partial charge in [-0.15, -0.1) is 0 Å². The van der Waals surface area contributed by atoms with Crippen LogP contribution in [0.4, 0.5) is 0 Å². The van der Waals surface area contributed by atoms with Crippen molar-refractivity contribution in [2.45, 2.75) is 38.6 Å². The quantitative estimate of drug-likeness (QED) is 0.475. The van der Waals surface area contributed by atoms with Crippen LogP contribution in [0.1, 0.15) is 38.2 Å². The zero-order valence-electron chi connectivity index (χ0n) is 15.5. The lowest BCUT2D eigenvalue weighted by Crippen LogP contribution is -2.37. The van der Waals surface area contributed by atoms with Crippen LogP contribution in [0.5, 0.6) is 5.75 Å². The largest absolute Gasteiger partial charge is 0.427 e. The number of hydrogen-bond donors (Lipinski definition) is 0. The summed E-state index contributed by atoms with van der Waals surface area (Å²) in [4.78, 5) is 27.8. The predicted molar refractivity (Wildman–Crippen MR) is 99.6 cm³/mol. The topological polar surface area (TPSA) is 49.9 Å². The number of likely N-dealkylation sites (tertiary alicyclic amines) is 2. The maximum atomic E-state index is 12.6. The summed E-state index contributed by atoms with van der Waals surface area (Å²) in [6, 6.07) is 7.10. The molecule has 5 heteroatoms. The number of nitrogens with zero attached hydrogens (tertiary/aromatic N) is 2. The fourth-order valence-corrected chi connectivity index (χ4v) is 3.70. The standard InChI is InChI=1S/C21H26N2O3/c1-16(24)26-20-8-6-7-17(13-20)9-10-19-14-18(21(25)22(19)2)15-23-11-4-3-5-12-23/h6-8,13,18-19H,3-5,11-12,14-15H2,1-2H3. The average Bonchev–Trinajstić information content (AvgIpc) is 2.89. The lowest BCUT2D eigenvalue weighted by atomic mass is 10.0. The normalized spacial score (nSPS) is 23.5. The number of esters is 1. The number of hydrogen-bond acceptors (Lipinski definition) is 4. The highest BCUT2D eigenvalue weighted by molar-refractivity contribution is 5.82. The lowest BCUT2D eigenvalue weighted by Gasteiger charge is -2.28. The van der Waals surface area contributed by atoms with E-state index in [9.17, 15) is 9.59 Å². The van der Waals surface area contributed by atoms with Crippen LogP contribution in [0.2, 0.25) is 0 Å². The van der Waals surface area contributed by atoms with Crippen molar-refractivity contribution < 1.29 is 14.3 Å². The van der Waals surface area contributed by atoms with E-state index < -0.39 is 0 Å². The first-order chi connectivity index (χ1) is 12.5. The molecular weight excluding hydrogens is 328 g/mol. The summed E-state index contributed by atoms with van der Waals surface area (Å²) in [5.74, 6) is 6.73. The Morgan fingerprint density at radius 3 is 2.77 bits per heavy atom. The van der Waals surface area contributed by atoms with E-state index in [0.29, 0.717) is 5.75 Å². The minimum absolute atomic E-state index is 0.0461. The molecule has 2 saturated heterocycles. The van der Waals surface area contributed by atoms with Gasteiger partial charge in [0.15, 0.2) is 0 Å². The van der Waals surface area contributed by atoms with Crippen LogP contribution in [-0.2, 0) is 9.59 Å². The third-order valence-electron chi connectivity index (χ3n) is 5.08. The van der Waals surface area contributed by atoms with Gasteiger partial charge in [-0.3, -0.25) is 9.59 Å². The summed E-state index contributed by atoms with van der Waals surface area (Å²) in [6.07, 6.45) is 4.55. The number of ether oxygens (including phenoxy) is 1. The fourth-order valence-electron chi connectivity index (χ4n) is 3.70. The molecule has 2 unspecified atom stereocenters. The van der Waals surface area contributed by atoms with E-state index in [0.717, 1.165) is 31.6 Å². The molecule has 138 valence electrons. The Hall–Kier alpha value is -2.32. The van der Waals surface area contributed by atoms with Gasteiger partial charge in [0.05, 0.1) is 12.0 Å². The molecule has 2 fully saturated rings. The van der Waals surface area contributed by atoms with Crippen LogP contribution in [0.25, 0.3) is 0 Å². The highest BCUT2D eigenvalue weighted by Gasteiger charge is 2.37. The minimum atomic E-state index is -0.350.